The van der Waals surface area contributed by atoms with E-state index in [0.717, 1.165) is 4.47 Å². The average Bonchev–Trinajstić information content (AvgIpc) is 2.35. The SMILES string of the molecule is Nc1ccc(C(=O)Nc2ccc(Br)cc2)cc1O. The van der Waals surface area contributed by atoms with E-state index in [-0.39, 0.29) is 17.3 Å². The summed E-state index contributed by atoms with van der Waals surface area (Å²) in [6.45, 7) is 0. The van der Waals surface area contributed by atoms with Gasteiger partial charge in [0.1, 0.15) is 5.75 Å². The van der Waals surface area contributed by atoms with Crippen LogP contribution in [0.3, 0.4) is 0 Å². The molecule has 2 rings (SSSR count). The summed E-state index contributed by atoms with van der Waals surface area (Å²) in [5, 5.41) is 12.2. The van der Waals surface area contributed by atoms with Crippen molar-refractivity contribution in [3.8, 4) is 5.75 Å². The van der Waals surface area contributed by atoms with Crippen LogP contribution < -0.4 is 11.1 Å². The zero-order valence-electron chi connectivity index (χ0n) is 9.35. The van der Waals surface area contributed by atoms with Crippen molar-refractivity contribution in [3.63, 3.8) is 0 Å². The third-order valence-electron chi connectivity index (χ3n) is 2.39. The van der Waals surface area contributed by atoms with Crippen LogP contribution in [0.15, 0.2) is 46.9 Å². The van der Waals surface area contributed by atoms with Gasteiger partial charge in [-0.25, -0.2) is 0 Å². The number of halogens is 1. The molecule has 5 heteroatoms. The van der Waals surface area contributed by atoms with Gasteiger partial charge in [0.25, 0.3) is 5.91 Å². The molecule has 0 spiro atoms. The van der Waals surface area contributed by atoms with E-state index in [1.807, 2.05) is 12.1 Å². The minimum absolute atomic E-state index is 0.0987. The maximum absolute atomic E-state index is 11.9. The van der Waals surface area contributed by atoms with Crippen LogP contribution in [-0.2, 0) is 0 Å². The molecule has 18 heavy (non-hydrogen) atoms. The number of nitrogens with two attached hydrogens (primary N) is 1. The number of aromatic hydroxyl groups is 1. The van der Waals surface area contributed by atoms with Gasteiger partial charge in [-0.2, -0.15) is 0 Å². The van der Waals surface area contributed by atoms with E-state index in [1.54, 1.807) is 18.2 Å². The molecule has 0 saturated carbocycles. The van der Waals surface area contributed by atoms with Gasteiger partial charge in [0.05, 0.1) is 5.69 Å². The van der Waals surface area contributed by atoms with Gasteiger partial charge in [0.15, 0.2) is 0 Å². The van der Waals surface area contributed by atoms with Crippen molar-refractivity contribution in [2.24, 2.45) is 0 Å². The fourth-order valence-corrected chi connectivity index (χ4v) is 1.69. The Morgan fingerprint density at radius 2 is 1.83 bits per heavy atom. The Kier molecular flexibility index (Phi) is 3.53. The Hall–Kier alpha value is -2.01. The number of anilines is 2. The number of phenols is 1. The number of hydrogen-bond acceptors (Lipinski definition) is 3. The van der Waals surface area contributed by atoms with E-state index in [0.29, 0.717) is 11.3 Å². The van der Waals surface area contributed by atoms with Crippen LogP contribution in [0.2, 0.25) is 0 Å². The number of benzene rings is 2. The third kappa shape index (κ3) is 2.81. The summed E-state index contributed by atoms with van der Waals surface area (Å²) in [6, 6.07) is 11.6. The van der Waals surface area contributed by atoms with Crippen LogP contribution in [0.1, 0.15) is 10.4 Å². The molecule has 1 amide bonds. The van der Waals surface area contributed by atoms with E-state index < -0.39 is 0 Å². The topological polar surface area (TPSA) is 75.4 Å². The lowest BCUT2D eigenvalue weighted by Gasteiger charge is -2.06. The minimum Gasteiger partial charge on any atom is -0.506 e. The Morgan fingerprint density at radius 1 is 1.17 bits per heavy atom. The van der Waals surface area contributed by atoms with Crippen LogP contribution in [0, 0.1) is 0 Å². The fourth-order valence-electron chi connectivity index (χ4n) is 1.42. The molecular weight excluding hydrogens is 296 g/mol. The van der Waals surface area contributed by atoms with Crippen LogP contribution in [0.25, 0.3) is 0 Å². The van der Waals surface area contributed by atoms with Gasteiger partial charge in [-0.3, -0.25) is 4.79 Å². The average molecular weight is 307 g/mol. The molecule has 92 valence electrons. The first-order valence-corrected chi connectivity index (χ1v) is 6.01. The van der Waals surface area contributed by atoms with Crippen LogP contribution in [0.5, 0.6) is 5.75 Å². The second kappa shape index (κ2) is 5.10. The van der Waals surface area contributed by atoms with Crippen LogP contribution in [0.4, 0.5) is 11.4 Å². The van der Waals surface area contributed by atoms with Crippen molar-refractivity contribution in [2.45, 2.75) is 0 Å². The van der Waals surface area contributed by atoms with E-state index in [2.05, 4.69) is 21.2 Å². The third-order valence-corrected chi connectivity index (χ3v) is 2.92. The number of phenolic OH excluding ortho intramolecular Hbond substituents is 1. The molecule has 0 aliphatic carbocycles. The fraction of sp³-hybridized carbons (Fsp3) is 0. The number of hydrogen-bond donors (Lipinski definition) is 3. The maximum Gasteiger partial charge on any atom is 0.255 e. The number of carbonyl (C=O) groups excluding carboxylic acids is 1. The number of nitrogen functional groups attached to an aromatic ring is 1. The van der Waals surface area contributed by atoms with Gasteiger partial charge >= 0.3 is 0 Å². The Labute approximate surface area is 113 Å². The van der Waals surface area contributed by atoms with Crippen LogP contribution in [-0.4, -0.2) is 11.0 Å². The molecule has 2 aromatic carbocycles. The highest BCUT2D eigenvalue weighted by molar-refractivity contribution is 9.10. The normalized spacial score (nSPS) is 10.1. The smallest absolute Gasteiger partial charge is 0.255 e. The minimum atomic E-state index is -0.298. The molecule has 4 N–H and O–H groups in total. The number of rotatable bonds is 2. The molecule has 2 aromatic rings. The molecule has 0 aromatic heterocycles. The quantitative estimate of drug-likeness (QED) is 0.590. The summed E-state index contributed by atoms with van der Waals surface area (Å²) >= 11 is 3.31. The van der Waals surface area contributed by atoms with Crippen molar-refractivity contribution in [2.75, 3.05) is 11.1 Å². The van der Waals surface area contributed by atoms with Crippen molar-refractivity contribution in [3.05, 3.63) is 52.5 Å². The summed E-state index contributed by atoms with van der Waals surface area (Å²) in [5.41, 5.74) is 6.75. The van der Waals surface area contributed by atoms with E-state index in [9.17, 15) is 9.90 Å². The van der Waals surface area contributed by atoms with Crippen molar-refractivity contribution in [1.82, 2.24) is 0 Å². The second-order valence-corrected chi connectivity index (χ2v) is 4.65. The summed E-state index contributed by atoms with van der Waals surface area (Å²) in [7, 11) is 0. The first-order chi connectivity index (χ1) is 8.56. The highest BCUT2D eigenvalue weighted by Crippen LogP contribution is 2.21. The predicted octanol–water partition coefficient (Wildman–Crippen LogP) is 2.99. The lowest BCUT2D eigenvalue weighted by atomic mass is 10.1. The van der Waals surface area contributed by atoms with E-state index in [1.165, 1.54) is 12.1 Å². The van der Waals surface area contributed by atoms with Gasteiger partial charge in [0.2, 0.25) is 0 Å². The summed E-state index contributed by atoms with van der Waals surface area (Å²) in [6.07, 6.45) is 0. The molecule has 0 heterocycles. The van der Waals surface area contributed by atoms with Gasteiger partial charge in [-0.05, 0) is 42.5 Å². The van der Waals surface area contributed by atoms with Crippen molar-refractivity contribution < 1.29 is 9.90 Å². The lowest BCUT2D eigenvalue weighted by Crippen LogP contribution is -2.11. The summed E-state index contributed by atoms with van der Waals surface area (Å²) in [4.78, 5) is 11.9. The number of amides is 1. The highest BCUT2D eigenvalue weighted by atomic mass is 79.9. The standard InChI is InChI=1S/C13H11BrN2O2/c14-9-2-4-10(5-3-9)16-13(18)8-1-6-11(15)12(17)7-8/h1-7,17H,15H2,(H,16,18). The number of carbonyl (C=O) groups is 1. The lowest BCUT2D eigenvalue weighted by molar-refractivity contribution is 0.102. The van der Waals surface area contributed by atoms with E-state index in [4.69, 9.17) is 5.73 Å². The Balaban J connectivity index is 2.16. The largest absolute Gasteiger partial charge is 0.506 e. The molecule has 0 fully saturated rings. The molecule has 0 aliphatic rings. The number of nitrogens with one attached hydrogen (secondary N) is 1. The summed E-state index contributed by atoms with van der Waals surface area (Å²) in [5.74, 6) is -0.397. The highest BCUT2D eigenvalue weighted by Gasteiger charge is 2.08. The Morgan fingerprint density at radius 3 is 2.44 bits per heavy atom. The maximum atomic E-state index is 11.9. The van der Waals surface area contributed by atoms with Crippen LogP contribution >= 0.6 is 15.9 Å². The van der Waals surface area contributed by atoms with Crippen molar-refractivity contribution in [1.29, 1.82) is 0 Å². The molecule has 0 bridgehead atoms. The Bertz CT molecular complexity index is 582. The van der Waals surface area contributed by atoms with Crippen molar-refractivity contribution >= 4 is 33.2 Å². The van der Waals surface area contributed by atoms with E-state index >= 15 is 0 Å². The molecule has 0 unspecified atom stereocenters. The molecule has 0 atom stereocenters. The molecule has 0 aliphatic heterocycles. The first-order valence-electron chi connectivity index (χ1n) is 5.21. The second-order valence-electron chi connectivity index (χ2n) is 3.73. The molecular formula is C13H11BrN2O2. The zero-order valence-corrected chi connectivity index (χ0v) is 10.9. The monoisotopic (exact) mass is 306 g/mol. The predicted molar refractivity (Wildman–Crippen MR) is 74.6 cm³/mol. The zero-order chi connectivity index (χ0) is 13.1. The van der Waals surface area contributed by atoms with Gasteiger partial charge < -0.3 is 16.2 Å². The molecule has 0 saturated heterocycles. The van der Waals surface area contributed by atoms with Gasteiger partial charge in [0, 0.05) is 15.7 Å². The summed E-state index contributed by atoms with van der Waals surface area (Å²) < 4.78 is 0.936. The van der Waals surface area contributed by atoms with Gasteiger partial charge in [-0.1, -0.05) is 15.9 Å². The molecule has 4 nitrogen and oxygen atoms in total. The van der Waals surface area contributed by atoms with Gasteiger partial charge in [-0.15, -0.1) is 0 Å². The first kappa shape index (κ1) is 12.4. The molecule has 0 radical (unpaired) electrons.